The number of carbonyl (C=O) groups is 2. The number of nitrogens with zero attached hydrogens (tertiary/aromatic N) is 2. The van der Waals surface area contributed by atoms with E-state index in [-0.39, 0.29) is 18.6 Å². The van der Waals surface area contributed by atoms with E-state index in [2.05, 4.69) is 4.98 Å². The number of hydrogen-bond donors (Lipinski definition) is 2. The lowest BCUT2D eigenvalue weighted by Crippen LogP contribution is -2.53. The number of hydrogen-bond acceptors (Lipinski definition) is 5. The number of piperidine rings is 1. The predicted molar refractivity (Wildman–Crippen MR) is 115 cm³/mol. The first-order valence-corrected chi connectivity index (χ1v) is 10.9. The quantitative estimate of drug-likeness (QED) is 0.398. The van der Waals surface area contributed by atoms with Crippen molar-refractivity contribution in [1.29, 1.82) is 0 Å². The van der Waals surface area contributed by atoms with Crippen LogP contribution in [0.3, 0.4) is 0 Å². The van der Waals surface area contributed by atoms with Gasteiger partial charge in [0.15, 0.2) is 0 Å². The third-order valence-corrected chi connectivity index (χ3v) is 6.61. The Kier molecular flexibility index (Phi) is 6.10. The van der Waals surface area contributed by atoms with Crippen LogP contribution in [0.4, 0.5) is 0 Å². The zero-order chi connectivity index (χ0) is 22.2. The van der Waals surface area contributed by atoms with Crippen molar-refractivity contribution < 1.29 is 19.5 Å². The van der Waals surface area contributed by atoms with E-state index < -0.39 is 17.4 Å². The van der Waals surface area contributed by atoms with Gasteiger partial charge in [0, 0.05) is 6.04 Å². The van der Waals surface area contributed by atoms with Crippen LogP contribution in [0, 0.1) is 0 Å². The minimum Gasteiger partial charge on any atom is -0.489 e. The molecule has 0 aliphatic carbocycles. The van der Waals surface area contributed by atoms with E-state index in [0.717, 1.165) is 24.0 Å². The molecular weight excluding hydrogens is 441 g/mol. The summed E-state index contributed by atoms with van der Waals surface area (Å²) in [6, 6.07) is 10.2. The summed E-state index contributed by atoms with van der Waals surface area (Å²) < 4.78 is 5.82. The number of fused-ring (bicyclic) bond motifs is 1. The zero-order valence-corrected chi connectivity index (χ0v) is 18.5. The highest BCUT2D eigenvalue weighted by molar-refractivity contribution is 6.32. The van der Waals surface area contributed by atoms with Crippen LogP contribution in [0.15, 0.2) is 36.4 Å². The smallest absolute Gasteiger partial charge is 0.266 e. The first-order valence-electron chi connectivity index (χ1n) is 10.1. The second-order valence-corrected chi connectivity index (χ2v) is 9.03. The van der Waals surface area contributed by atoms with Crippen LogP contribution in [-0.4, -0.2) is 39.0 Å². The molecule has 2 N–H and O–H groups in total. The van der Waals surface area contributed by atoms with E-state index in [4.69, 9.17) is 33.1 Å². The van der Waals surface area contributed by atoms with Gasteiger partial charge >= 0.3 is 0 Å². The molecule has 0 saturated carbocycles. The SMILES string of the molecule is C[C@@]1(c2ccc(OCc3cc(Cl)nc(Cl)c3)cc2)C[C@@H]2CCC[C@H](C(=O)NO)N2C1=O. The largest absolute Gasteiger partial charge is 0.489 e. The Hall–Kier alpha value is -2.35. The highest BCUT2D eigenvalue weighted by Crippen LogP contribution is 2.44. The Morgan fingerprint density at radius 3 is 2.58 bits per heavy atom. The zero-order valence-electron chi connectivity index (χ0n) is 17.0. The van der Waals surface area contributed by atoms with Crippen molar-refractivity contribution in [2.45, 2.75) is 56.7 Å². The average Bonchev–Trinajstić information content (AvgIpc) is 3.02. The molecule has 0 radical (unpaired) electrons. The van der Waals surface area contributed by atoms with E-state index >= 15 is 0 Å². The van der Waals surface area contributed by atoms with E-state index in [1.807, 2.05) is 31.2 Å². The number of nitrogens with one attached hydrogen (secondary N) is 1. The molecule has 2 aliphatic heterocycles. The maximum atomic E-state index is 13.4. The maximum absolute atomic E-state index is 13.4. The van der Waals surface area contributed by atoms with Gasteiger partial charge in [-0.25, -0.2) is 10.5 Å². The Balaban J connectivity index is 1.49. The number of amides is 2. The molecule has 31 heavy (non-hydrogen) atoms. The monoisotopic (exact) mass is 463 g/mol. The number of hydroxylamine groups is 1. The Bertz CT molecular complexity index is 981. The van der Waals surface area contributed by atoms with Crippen molar-refractivity contribution in [1.82, 2.24) is 15.4 Å². The Labute approximate surface area is 190 Å². The average molecular weight is 464 g/mol. The van der Waals surface area contributed by atoms with Gasteiger partial charge in [-0.05, 0) is 68.0 Å². The normalized spacial score (nSPS) is 25.3. The van der Waals surface area contributed by atoms with Crippen molar-refractivity contribution in [2.75, 3.05) is 0 Å². The van der Waals surface area contributed by atoms with Gasteiger partial charge in [-0.1, -0.05) is 35.3 Å². The number of benzene rings is 1. The van der Waals surface area contributed by atoms with Crippen molar-refractivity contribution in [3.63, 3.8) is 0 Å². The molecule has 0 unspecified atom stereocenters. The first-order chi connectivity index (χ1) is 14.8. The van der Waals surface area contributed by atoms with Gasteiger partial charge in [0.25, 0.3) is 5.91 Å². The molecule has 4 rings (SSSR count). The molecule has 1 aromatic carbocycles. The fourth-order valence-electron chi connectivity index (χ4n) is 4.69. The molecule has 9 heteroatoms. The van der Waals surface area contributed by atoms with Crippen LogP contribution < -0.4 is 10.2 Å². The van der Waals surface area contributed by atoms with E-state index in [0.29, 0.717) is 28.9 Å². The van der Waals surface area contributed by atoms with Crippen LogP contribution in [-0.2, 0) is 21.6 Å². The minimum atomic E-state index is -0.728. The second-order valence-electron chi connectivity index (χ2n) is 8.26. The number of rotatable bonds is 5. The van der Waals surface area contributed by atoms with Gasteiger partial charge in [-0.2, -0.15) is 0 Å². The molecule has 164 valence electrons. The topological polar surface area (TPSA) is 91.8 Å². The van der Waals surface area contributed by atoms with Gasteiger partial charge in [0.2, 0.25) is 5.91 Å². The van der Waals surface area contributed by atoms with Gasteiger partial charge in [0.05, 0.1) is 5.41 Å². The summed E-state index contributed by atoms with van der Waals surface area (Å²) in [5.41, 5.74) is 2.65. The van der Waals surface area contributed by atoms with E-state index in [1.54, 1.807) is 22.5 Å². The second kappa shape index (κ2) is 8.65. The minimum absolute atomic E-state index is 0.00864. The molecule has 3 atom stereocenters. The van der Waals surface area contributed by atoms with E-state index in [9.17, 15) is 9.59 Å². The van der Waals surface area contributed by atoms with Crippen molar-refractivity contribution in [3.8, 4) is 5.75 Å². The third kappa shape index (κ3) is 4.22. The fraction of sp³-hybridized carbons (Fsp3) is 0.409. The molecule has 2 amide bonds. The number of halogens is 2. The number of carbonyl (C=O) groups excluding carboxylic acids is 2. The molecule has 7 nitrogen and oxygen atoms in total. The fourth-order valence-corrected chi connectivity index (χ4v) is 5.19. The van der Waals surface area contributed by atoms with Crippen LogP contribution in [0.2, 0.25) is 10.3 Å². The molecule has 2 aliphatic rings. The first kappa shape index (κ1) is 21.9. The molecule has 2 saturated heterocycles. The van der Waals surface area contributed by atoms with Crippen LogP contribution >= 0.6 is 23.2 Å². The lowest BCUT2D eigenvalue weighted by molar-refractivity contribution is -0.147. The van der Waals surface area contributed by atoms with Crippen LogP contribution in [0.1, 0.15) is 43.7 Å². The summed E-state index contributed by atoms with van der Waals surface area (Å²) in [7, 11) is 0. The summed E-state index contributed by atoms with van der Waals surface area (Å²) in [6.07, 6.45) is 2.89. The summed E-state index contributed by atoms with van der Waals surface area (Å²) in [5, 5.41) is 9.67. The molecule has 3 heterocycles. The molecule has 2 aromatic rings. The van der Waals surface area contributed by atoms with Crippen molar-refractivity contribution in [3.05, 3.63) is 57.8 Å². The van der Waals surface area contributed by atoms with Crippen LogP contribution in [0.25, 0.3) is 0 Å². The maximum Gasteiger partial charge on any atom is 0.266 e. The van der Waals surface area contributed by atoms with Crippen LogP contribution in [0.5, 0.6) is 5.75 Å². The highest BCUT2D eigenvalue weighted by Gasteiger charge is 2.53. The molecule has 0 bridgehead atoms. The van der Waals surface area contributed by atoms with Gasteiger partial charge in [-0.3, -0.25) is 14.8 Å². The summed E-state index contributed by atoms with van der Waals surface area (Å²) in [4.78, 5) is 31.0. The number of pyridine rings is 1. The van der Waals surface area contributed by atoms with E-state index in [1.165, 1.54) is 0 Å². The van der Waals surface area contributed by atoms with Gasteiger partial charge < -0.3 is 9.64 Å². The summed E-state index contributed by atoms with van der Waals surface area (Å²) >= 11 is 11.8. The Morgan fingerprint density at radius 1 is 1.26 bits per heavy atom. The Morgan fingerprint density at radius 2 is 1.94 bits per heavy atom. The molecule has 2 fully saturated rings. The van der Waals surface area contributed by atoms with Crippen molar-refractivity contribution >= 4 is 35.0 Å². The van der Waals surface area contributed by atoms with Gasteiger partial charge in [0.1, 0.15) is 28.7 Å². The lowest BCUT2D eigenvalue weighted by Gasteiger charge is -2.36. The highest BCUT2D eigenvalue weighted by atomic mass is 35.5. The molecule has 0 spiro atoms. The lowest BCUT2D eigenvalue weighted by atomic mass is 9.79. The third-order valence-electron chi connectivity index (χ3n) is 6.23. The number of ether oxygens (including phenoxy) is 1. The number of aromatic nitrogens is 1. The predicted octanol–water partition coefficient (Wildman–Crippen LogP) is 3.88. The van der Waals surface area contributed by atoms with Crippen molar-refractivity contribution in [2.24, 2.45) is 0 Å². The summed E-state index contributed by atoms with van der Waals surface area (Å²) in [6.45, 7) is 2.20. The standard InChI is InChI=1S/C22H23Cl2N3O4/c1-22(11-15-3-2-4-17(20(28)26-30)27(15)21(22)29)14-5-7-16(8-6-14)31-12-13-9-18(23)25-19(24)10-13/h5-10,15,17,30H,2-4,11-12H2,1H3,(H,26,28)/t15-,17+,22-/m0/s1. The molecular formula is C22H23Cl2N3O4. The molecule has 1 aromatic heterocycles. The van der Waals surface area contributed by atoms with Gasteiger partial charge in [-0.15, -0.1) is 0 Å². The summed E-state index contributed by atoms with van der Waals surface area (Å²) in [5.74, 6) is 0.0417.